The molecule has 2 nitrogen and oxygen atoms in total. The molecule has 0 aliphatic carbocycles. The molecular weight excluding hydrogens is 270 g/mol. The second-order valence-electron chi connectivity index (χ2n) is 5.05. The van der Waals surface area contributed by atoms with Crippen LogP contribution in [0.25, 0.3) is 0 Å². The van der Waals surface area contributed by atoms with E-state index in [2.05, 4.69) is 29.2 Å². The topological polar surface area (TPSA) is 20.3 Å². The highest BCUT2D eigenvalue weighted by atomic mass is 35.5. The second-order valence-corrected chi connectivity index (χ2v) is 5.48. The molecule has 0 radical (unpaired) electrons. The number of hydrogen-bond donors (Lipinski definition) is 0. The van der Waals surface area contributed by atoms with Crippen molar-refractivity contribution < 1.29 is 4.79 Å². The Bertz CT molecular complexity index is 621. The van der Waals surface area contributed by atoms with Crippen molar-refractivity contribution in [1.82, 2.24) is 0 Å². The highest BCUT2D eigenvalue weighted by Crippen LogP contribution is 2.27. The molecule has 0 N–H and O–H groups in total. The summed E-state index contributed by atoms with van der Waals surface area (Å²) in [5.74, 6) is 0.172. The molecule has 20 heavy (non-hydrogen) atoms. The van der Waals surface area contributed by atoms with Gasteiger partial charge in [-0.1, -0.05) is 29.8 Å². The van der Waals surface area contributed by atoms with Crippen molar-refractivity contribution in [1.29, 1.82) is 0 Å². The highest BCUT2D eigenvalue weighted by molar-refractivity contribution is 6.30. The molecule has 0 saturated heterocycles. The van der Waals surface area contributed by atoms with Crippen molar-refractivity contribution in [2.45, 2.75) is 12.8 Å². The van der Waals surface area contributed by atoms with Crippen molar-refractivity contribution in [3.8, 4) is 0 Å². The third-order valence-electron chi connectivity index (χ3n) is 3.76. The first-order valence-electron chi connectivity index (χ1n) is 6.85. The lowest BCUT2D eigenvalue weighted by Gasteiger charge is -2.18. The van der Waals surface area contributed by atoms with Gasteiger partial charge in [0.25, 0.3) is 0 Å². The first-order valence-corrected chi connectivity index (χ1v) is 7.23. The minimum atomic E-state index is 0.172. The van der Waals surface area contributed by atoms with Gasteiger partial charge in [0.15, 0.2) is 5.78 Å². The van der Waals surface area contributed by atoms with E-state index in [0.29, 0.717) is 11.4 Å². The molecule has 0 fully saturated rings. The number of Topliss-reactive ketones (excluding diaryl/α,β-unsaturated/α-hetero) is 1. The van der Waals surface area contributed by atoms with Gasteiger partial charge in [0.1, 0.15) is 0 Å². The molecule has 102 valence electrons. The molecule has 3 rings (SSSR count). The number of anilines is 1. The largest absolute Gasteiger partial charge is 0.371 e. The number of rotatable bonds is 4. The number of fused-ring (bicyclic) bond motifs is 1. The van der Waals surface area contributed by atoms with Gasteiger partial charge < -0.3 is 4.90 Å². The van der Waals surface area contributed by atoms with Gasteiger partial charge in [-0.2, -0.15) is 0 Å². The van der Waals surface area contributed by atoms with Crippen molar-refractivity contribution in [2.24, 2.45) is 0 Å². The van der Waals surface area contributed by atoms with Crippen molar-refractivity contribution in [3.05, 3.63) is 64.7 Å². The Balaban J connectivity index is 1.63. The van der Waals surface area contributed by atoms with E-state index < -0.39 is 0 Å². The number of hydrogen-bond acceptors (Lipinski definition) is 2. The van der Waals surface area contributed by atoms with Crippen LogP contribution in [0.5, 0.6) is 0 Å². The molecule has 0 bridgehead atoms. The maximum Gasteiger partial charge on any atom is 0.164 e. The van der Waals surface area contributed by atoms with E-state index in [1.54, 1.807) is 24.3 Å². The van der Waals surface area contributed by atoms with E-state index in [4.69, 9.17) is 11.6 Å². The Morgan fingerprint density at radius 2 is 1.85 bits per heavy atom. The maximum absolute atomic E-state index is 12.2. The lowest BCUT2D eigenvalue weighted by molar-refractivity contribution is 0.0985. The van der Waals surface area contributed by atoms with Gasteiger partial charge in [-0.15, -0.1) is 0 Å². The van der Waals surface area contributed by atoms with Crippen LogP contribution in [0.4, 0.5) is 5.69 Å². The molecule has 0 saturated carbocycles. The third-order valence-corrected chi connectivity index (χ3v) is 4.01. The first kappa shape index (κ1) is 13.2. The lowest BCUT2D eigenvalue weighted by Crippen LogP contribution is -2.23. The monoisotopic (exact) mass is 285 g/mol. The summed E-state index contributed by atoms with van der Waals surface area (Å²) in [6, 6.07) is 15.5. The molecular formula is C17H16ClNO. The standard InChI is InChI=1S/C17H16ClNO/c18-15-7-5-14(6-8-15)17(20)10-12-19-11-9-13-3-1-2-4-16(13)19/h1-8H,9-12H2. The summed E-state index contributed by atoms with van der Waals surface area (Å²) < 4.78 is 0. The Morgan fingerprint density at radius 3 is 2.65 bits per heavy atom. The smallest absolute Gasteiger partial charge is 0.164 e. The fourth-order valence-corrected chi connectivity index (χ4v) is 2.78. The van der Waals surface area contributed by atoms with Gasteiger partial charge in [0.2, 0.25) is 0 Å². The fourth-order valence-electron chi connectivity index (χ4n) is 2.66. The van der Waals surface area contributed by atoms with Crippen molar-refractivity contribution >= 4 is 23.1 Å². The number of nitrogens with zero attached hydrogens (tertiary/aromatic N) is 1. The normalized spacial score (nSPS) is 13.3. The Hall–Kier alpha value is -1.80. The Labute approximate surface area is 124 Å². The maximum atomic E-state index is 12.2. The zero-order chi connectivity index (χ0) is 13.9. The molecule has 0 amide bonds. The fraction of sp³-hybridized carbons (Fsp3) is 0.235. The van der Waals surface area contributed by atoms with Crippen molar-refractivity contribution in [3.63, 3.8) is 0 Å². The molecule has 2 aromatic rings. The van der Waals surface area contributed by atoms with Crippen LogP contribution >= 0.6 is 11.6 Å². The van der Waals surface area contributed by atoms with Gasteiger partial charge in [0, 0.05) is 35.8 Å². The van der Waals surface area contributed by atoms with Crippen LogP contribution in [-0.4, -0.2) is 18.9 Å². The molecule has 3 heteroatoms. The zero-order valence-corrected chi connectivity index (χ0v) is 11.9. The first-order chi connectivity index (χ1) is 9.74. The van der Waals surface area contributed by atoms with E-state index in [1.807, 2.05) is 0 Å². The average Bonchev–Trinajstić information content (AvgIpc) is 2.89. The molecule has 0 spiro atoms. The van der Waals surface area contributed by atoms with Gasteiger partial charge in [-0.3, -0.25) is 4.79 Å². The van der Waals surface area contributed by atoms with E-state index >= 15 is 0 Å². The minimum absolute atomic E-state index is 0.172. The summed E-state index contributed by atoms with van der Waals surface area (Å²) in [5.41, 5.74) is 3.39. The Morgan fingerprint density at radius 1 is 1.10 bits per heavy atom. The van der Waals surface area contributed by atoms with Crippen LogP contribution in [0.15, 0.2) is 48.5 Å². The number of carbonyl (C=O) groups is 1. The molecule has 0 unspecified atom stereocenters. The molecule has 1 aliphatic rings. The molecule has 0 atom stereocenters. The van der Waals surface area contributed by atoms with E-state index in [0.717, 1.165) is 25.1 Å². The van der Waals surface area contributed by atoms with E-state index in [9.17, 15) is 4.79 Å². The van der Waals surface area contributed by atoms with Gasteiger partial charge >= 0.3 is 0 Å². The van der Waals surface area contributed by atoms with Crippen LogP contribution < -0.4 is 4.90 Å². The minimum Gasteiger partial charge on any atom is -0.371 e. The summed E-state index contributed by atoms with van der Waals surface area (Å²) in [5, 5.41) is 0.662. The third kappa shape index (κ3) is 2.70. The molecule has 1 heterocycles. The predicted octanol–water partition coefficient (Wildman–Crippen LogP) is 3.98. The Kier molecular flexibility index (Phi) is 3.75. The average molecular weight is 286 g/mol. The SMILES string of the molecule is O=C(CCN1CCc2ccccc21)c1ccc(Cl)cc1. The van der Waals surface area contributed by atoms with Crippen LogP contribution in [-0.2, 0) is 6.42 Å². The highest BCUT2D eigenvalue weighted by Gasteiger charge is 2.18. The quantitative estimate of drug-likeness (QED) is 0.792. The number of ketones is 1. The number of para-hydroxylation sites is 1. The summed E-state index contributed by atoms with van der Waals surface area (Å²) >= 11 is 5.83. The van der Waals surface area contributed by atoms with Crippen LogP contribution in [0.2, 0.25) is 5.02 Å². The van der Waals surface area contributed by atoms with E-state index in [1.165, 1.54) is 11.3 Å². The summed E-state index contributed by atoms with van der Waals surface area (Å²) in [4.78, 5) is 14.4. The summed E-state index contributed by atoms with van der Waals surface area (Å²) in [6.07, 6.45) is 1.61. The summed E-state index contributed by atoms with van der Waals surface area (Å²) in [6.45, 7) is 1.78. The van der Waals surface area contributed by atoms with Gasteiger partial charge in [-0.05, 0) is 42.3 Å². The number of benzene rings is 2. The number of carbonyl (C=O) groups excluding carboxylic acids is 1. The van der Waals surface area contributed by atoms with Crippen LogP contribution in [0.1, 0.15) is 22.3 Å². The lowest BCUT2D eigenvalue weighted by atomic mass is 10.1. The second kappa shape index (κ2) is 5.68. The molecule has 2 aromatic carbocycles. The molecule has 1 aliphatic heterocycles. The summed E-state index contributed by atoms with van der Waals surface area (Å²) in [7, 11) is 0. The molecule has 0 aromatic heterocycles. The van der Waals surface area contributed by atoms with Crippen LogP contribution in [0, 0.1) is 0 Å². The van der Waals surface area contributed by atoms with Gasteiger partial charge in [0.05, 0.1) is 0 Å². The predicted molar refractivity (Wildman–Crippen MR) is 82.8 cm³/mol. The van der Waals surface area contributed by atoms with Gasteiger partial charge in [-0.25, -0.2) is 0 Å². The number of halogens is 1. The van der Waals surface area contributed by atoms with Crippen molar-refractivity contribution in [2.75, 3.05) is 18.0 Å². The van der Waals surface area contributed by atoms with E-state index in [-0.39, 0.29) is 5.78 Å². The zero-order valence-electron chi connectivity index (χ0n) is 11.2. The van der Waals surface area contributed by atoms with Crippen LogP contribution in [0.3, 0.4) is 0 Å².